The van der Waals surface area contributed by atoms with Crippen LogP contribution < -0.4 is 10.6 Å². The number of rotatable bonds is 6. The van der Waals surface area contributed by atoms with Gasteiger partial charge >= 0.3 is 6.03 Å². The van der Waals surface area contributed by atoms with E-state index in [0.717, 1.165) is 22.2 Å². The van der Waals surface area contributed by atoms with E-state index in [-0.39, 0.29) is 24.8 Å². The first kappa shape index (κ1) is 18.2. The molecule has 1 saturated heterocycles. The number of fused-ring (bicyclic) bond motifs is 1. The van der Waals surface area contributed by atoms with Crippen molar-refractivity contribution < 1.29 is 14.4 Å². The van der Waals surface area contributed by atoms with Crippen molar-refractivity contribution >= 4 is 45.2 Å². The van der Waals surface area contributed by atoms with Crippen LogP contribution in [0.2, 0.25) is 0 Å². The third-order valence-corrected chi connectivity index (χ3v) is 5.52. The van der Waals surface area contributed by atoms with Gasteiger partial charge in [0.15, 0.2) is 5.13 Å². The molecule has 144 valence electrons. The minimum absolute atomic E-state index is 0.118. The van der Waals surface area contributed by atoms with E-state index in [1.807, 2.05) is 42.8 Å². The third-order valence-electron chi connectivity index (χ3n) is 4.64. The molecule has 1 aliphatic heterocycles. The average Bonchev–Trinajstić information content (AvgIpc) is 3.33. The zero-order valence-corrected chi connectivity index (χ0v) is 16.0. The Kier molecular flexibility index (Phi) is 4.82. The average molecular weight is 397 g/mol. The maximum atomic E-state index is 12.6. The van der Waals surface area contributed by atoms with Crippen molar-refractivity contribution in [2.45, 2.75) is 25.8 Å². The third kappa shape index (κ3) is 3.61. The lowest BCUT2D eigenvalue weighted by atomic mass is 10.1. The van der Waals surface area contributed by atoms with E-state index in [1.165, 1.54) is 16.2 Å². The summed E-state index contributed by atoms with van der Waals surface area (Å²) in [5.41, 5.74) is 2.87. The van der Waals surface area contributed by atoms with Gasteiger partial charge in [0, 0.05) is 29.0 Å². The highest BCUT2D eigenvalue weighted by atomic mass is 32.1. The first-order valence-electron chi connectivity index (χ1n) is 8.90. The minimum Gasteiger partial charge on any atom is -0.361 e. The second kappa shape index (κ2) is 7.43. The molecule has 2 aromatic heterocycles. The fourth-order valence-corrected chi connectivity index (χ4v) is 3.97. The smallest absolute Gasteiger partial charge is 0.324 e. The van der Waals surface area contributed by atoms with Gasteiger partial charge in [-0.3, -0.25) is 14.5 Å². The summed E-state index contributed by atoms with van der Waals surface area (Å²) in [6, 6.07) is 6.56. The maximum absolute atomic E-state index is 12.6. The molecule has 4 rings (SSSR count). The molecular weight excluding hydrogens is 378 g/mol. The van der Waals surface area contributed by atoms with Gasteiger partial charge in [0.25, 0.3) is 5.91 Å². The number of anilines is 1. The van der Waals surface area contributed by atoms with Gasteiger partial charge < -0.3 is 15.6 Å². The van der Waals surface area contributed by atoms with Crippen molar-refractivity contribution in [1.82, 2.24) is 20.2 Å². The number of hydrogen-bond acceptors (Lipinski definition) is 5. The molecule has 9 heteroatoms. The number of hydrogen-bond donors (Lipinski definition) is 3. The molecule has 3 aromatic rings. The molecule has 28 heavy (non-hydrogen) atoms. The highest BCUT2D eigenvalue weighted by molar-refractivity contribution is 7.13. The van der Waals surface area contributed by atoms with Crippen LogP contribution in [0.4, 0.5) is 9.93 Å². The van der Waals surface area contributed by atoms with Gasteiger partial charge in [-0.1, -0.05) is 18.2 Å². The largest absolute Gasteiger partial charge is 0.361 e. The van der Waals surface area contributed by atoms with Gasteiger partial charge in [0.1, 0.15) is 6.04 Å². The first-order chi connectivity index (χ1) is 13.5. The number of aromatic amines is 1. The van der Waals surface area contributed by atoms with Crippen LogP contribution in [0, 0.1) is 6.92 Å². The van der Waals surface area contributed by atoms with Crippen LogP contribution in [0.5, 0.6) is 0 Å². The number of carbonyl (C=O) groups is 3. The number of nitrogens with zero attached hydrogens (tertiary/aromatic N) is 2. The number of amides is 4. The van der Waals surface area contributed by atoms with E-state index in [1.54, 1.807) is 0 Å². The number of imide groups is 1. The van der Waals surface area contributed by atoms with Gasteiger partial charge in [-0.25, -0.2) is 9.78 Å². The van der Waals surface area contributed by atoms with Crippen molar-refractivity contribution in [3.05, 3.63) is 47.1 Å². The topological polar surface area (TPSA) is 107 Å². The Balaban J connectivity index is 1.36. The molecule has 1 aliphatic rings. The Morgan fingerprint density at radius 1 is 1.32 bits per heavy atom. The standard InChI is InChI=1S/C19H19N5O3S/c1-11-10-28-18(21-11)23-16(25)8-15-17(26)24(19(27)22-15)7-6-12-9-20-14-5-3-2-4-13(12)14/h2-5,9-10,15,20H,6-8H2,1H3,(H,22,27)(H,21,23,25)/t15-/m1/s1. The van der Waals surface area contributed by atoms with Crippen molar-refractivity contribution in [2.75, 3.05) is 11.9 Å². The highest BCUT2D eigenvalue weighted by Crippen LogP contribution is 2.20. The Hall–Kier alpha value is -3.20. The lowest BCUT2D eigenvalue weighted by molar-refractivity contribution is -0.129. The summed E-state index contributed by atoms with van der Waals surface area (Å²) in [7, 11) is 0. The van der Waals surface area contributed by atoms with Crippen LogP contribution in [0.15, 0.2) is 35.8 Å². The van der Waals surface area contributed by atoms with Crippen molar-refractivity contribution in [3.8, 4) is 0 Å². The van der Waals surface area contributed by atoms with Crippen LogP contribution in [0.3, 0.4) is 0 Å². The molecule has 0 saturated carbocycles. The molecule has 8 nitrogen and oxygen atoms in total. The Morgan fingerprint density at radius 2 is 2.14 bits per heavy atom. The molecular formula is C19H19N5O3S. The van der Waals surface area contributed by atoms with Gasteiger partial charge in [-0.05, 0) is 25.0 Å². The van der Waals surface area contributed by atoms with E-state index in [2.05, 4.69) is 20.6 Å². The number of benzene rings is 1. The van der Waals surface area contributed by atoms with Gasteiger partial charge in [-0.15, -0.1) is 11.3 Å². The normalized spacial score (nSPS) is 16.6. The molecule has 0 aliphatic carbocycles. The van der Waals surface area contributed by atoms with E-state index >= 15 is 0 Å². The maximum Gasteiger partial charge on any atom is 0.324 e. The molecule has 0 bridgehead atoms. The molecule has 4 amide bonds. The number of para-hydroxylation sites is 1. The van der Waals surface area contributed by atoms with Crippen molar-refractivity contribution in [1.29, 1.82) is 0 Å². The Morgan fingerprint density at radius 3 is 2.93 bits per heavy atom. The molecule has 0 spiro atoms. The summed E-state index contributed by atoms with van der Waals surface area (Å²) in [4.78, 5) is 45.5. The van der Waals surface area contributed by atoms with Crippen LogP contribution in [0.1, 0.15) is 17.7 Å². The second-order valence-corrected chi connectivity index (χ2v) is 7.51. The summed E-state index contributed by atoms with van der Waals surface area (Å²) >= 11 is 1.32. The van der Waals surface area contributed by atoms with E-state index < -0.39 is 12.1 Å². The van der Waals surface area contributed by atoms with Crippen LogP contribution >= 0.6 is 11.3 Å². The lowest BCUT2D eigenvalue weighted by Gasteiger charge is -2.12. The summed E-state index contributed by atoms with van der Waals surface area (Å²) in [6.07, 6.45) is 2.32. The predicted molar refractivity (Wildman–Crippen MR) is 106 cm³/mol. The van der Waals surface area contributed by atoms with Crippen LogP contribution in [-0.2, 0) is 16.0 Å². The fraction of sp³-hybridized carbons (Fsp3) is 0.263. The van der Waals surface area contributed by atoms with E-state index in [0.29, 0.717) is 11.6 Å². The zero-order chi connectivity index (χ0) is 19.7. The summed E-state index contributed by atoms with van der Waals surface area (Å²) in [5.74, 6) is -0.734. The first-order valence-corrected chi connectivity index (χ1v) is 9.78. The van der Waals surface area contributed by atoms with Crippen LogP contribution in [0.25, 0.3) is 10.9 Å². The predicted octanol–water partition coefficient (Wildman–Crippen LogP) is 2.42. The number of carbonyl (C=O) groups excluding carboxylic acids is 3. The quantitative estimate of drug-likeness (QED) is 0.555. The number of thiazole rings is 1. The molecule has 1 fully saturated rings. The second-order valence-electron chi connectivity index (χ2n) is 6.65. The molecule has 3 N–H and O–H groups in total. The molecule has 1 aromatic carbocycles. The monoisotopic (exact) mass is 397 g/mol. The molecule has 3 heterocycles. The number of urea groups is 1. The SMILES string of the molecule is Cc1csc(NC(=O)C[C@H]2NC(=O)N(CCc3c[nH]c4ccccc34)C2=O)n1. The Bertz CT molecular complexity index is 1060. The molecule has 0 radical (unpaired) electrons. The lowest BCUT2D eigenvalue weighted by Crippen LogP contribution is -2.34. The minimum atomic E-state index is -0.850. The van der Waals surface area contributed by atoms with Gasteiger partial charge in [-0.2, -0.15) is 0 Å². The number of aryl methyl sites for hydroxylation is 1. The number of nitrogens with one attached hydrogen (secondary N) is 3. The van der Waals surface area contributed by atoms with Gasteiger partial charge in [0.05, 0.1) is 12.1 Å². The zero-order valence-electron chi connectivity index (χ0n) is 15.2. The molecule has 0 unspecified atom stereocenters. The molecule has 1 atom stereocenters. The number of aromatic nitrogens is 2. The Labute approximate surface area is 164 Å². The van der Waals surface area contributed by atoms with Crippen molar-refractivity contribution in [2.24, 2.45) is 0 Å². The highest BCUT2D eigenvalue weighted by Gasteiger charge is 2.38. The number of H-pyrrole nitrogens is 1. The van der Waals surface area contributed by atoms with Crippen LogP contribution in [-0.4, -0.2) is 45.3 Å². The van der Waals surface area contributed by atoms with Crippen molar-refractivity contribution in [3.63, 3.8) is 0 Å². The van der Waals surface area contributed by atoms with Gasteiger partial charge in [0.2, 0.25) is 5.91 Å². The summed E-state index contributed by atoms with van der Waals surface area (Å²) < 4.78 is 0. The summed E-state index contributed by atoms with van der Waals surface area (Å²) in [6.45, 7) is 2.09. The van der Waals surface area contributed by atoms with E-state index in [4.69, 9.17) is 0 Å². The summed E-state index contributed by atoms with van der Waals surface area (Å²) in [5, 5.41) is 8.63. The fourth-order valence-electron chi connectivity index (χ4n) is 3.26. The van der Waals surface area contributed by atoms with E-state index in [9.17, 15) is 14.4 Å².